The number of imide groups is 1. The van der Waals surface area contributed by atoms with Crippen molar-refractivity contribution in [2.45, 2.75) is 70.9 Å². The minimum atomic E-state index is -0.954. The van der Waals surface area contributed by atoms with Crippen LogP contribution in [0.3, 0.4) is 0 Å². The third kappa shape index (κ3) is 4.16. The van der Waals surface area contributed by atoms with Gasteiger partial charge in [-0.3, -0.25) is 19.3 Å². The summed E-state index contributed by atoms with van der Waals surface area (Å²) in [6, 6.07) is -0.595. The molecule has 0 aromatic rings. The van der Waals surface area contributed by atoms with Crippen LogP contribution in [0, 0.1) is 0 Å². The molecule has 2 aliphatic heterocycles. The highest BCUT2D eigenvalue weighted by molar-refractivity contribution is 6.08. The second-order valence-corrected chi connectivity index (χ2v) is 6.98. The molecule has 0 unspecified atom stereocenters. The van der Waals surface area contributed by atoms with E-state index < -0.39 is 36.1 Å². The number of likely N-dealkylation sites (tertiary alicyclic amines) is 1. The van der Waals surface area contributed by atoms with Crippen LogP contribution in [0.5, 0.6) is 0 Å². The van der Waals surface area contributed by atoms with Crippen LogP contribution in [0.15, 0.2) is 0 Å². The lowest BCUT2D eigenvalue weighted by atomic mass is 9.93. The largest absolute Gasteiger partial charge is 0.451 e. The van der Waals surface area contributed by atoms with Gasteiger partial charge in [-0.15, -0.1) is 0 Å². The minimum absolute atomic E-state index is 0.228. The predicted molar refractivity (Wildman–Crippen MR) is 94.2 cm³/mol. The number of nitrogens with one attached hydrogen (secondary N) is 1. The summed E-state index contributed by atoms with van der Waals surface area (Å²) in [6.45, 7) is 6.01. The molecule has 146 valence electrons. The van der Waals surface area contributed by atoms with E-state index in [1.54, 1.807) is 4.90 Å². The van der Waals surface area contributed by atoms with Gasteiger partial charge in [-0.25, -0.2) is 4.79 Å². The number of carbonyl (C=O) groups is 4. The predicted octanol–water partition coefficient (Wildman–Crippen LogP) is 1.43. The molecule has 2 heterocycles. The Bertz CT molecular complexity index is 565. The van der Waals surface area contributed by atoms with E-state index in [1.807, 2.05) is 13.8 Å². The second kappa shape index (κ2) is 8.51. The maximum Gasteiger partial charge on any atom is 0.327 e. The Hall–Kier alpha value is -2.12. The maximum absolute atomic E-state index is 12.5. The van der Waals surface area contributed by atoms with Gasteiger partial charge >= 0.3 is 12.0 Å². The molecule has 0 saturated carbocycles. The van der Waals surface area contributed by atoms with Crippen molar-refractivity contribution in [2.75, 3.05) is 19.6 Å². The van der Waals surface area contributed by atoms with E-state index in [0.29, 0.717) is 25.9 Å². The lowest BCUT2D eigenvalue weighted by Gasteiger charge is -2.25. The van der Waals surface area contributed by atoms with Gasteiger partial charge in [0.05, 0.1) is 0 Å². The first kappa shape index (κ1) is 20.2. The summed E-state index contributed by atoms with van der Waals surface area (Å²) in [6.07, 6.45) is 4.06. The van der Waals surface area contributed by atoms with E-state index in [1.165, 1.54) is 6.92 Å². The summed E-state index contributed by atoms with van der Waals surface area (Å²) < 4.78 is 5.20. The molecule has 0 aromatic heterocycles. The molecular weight excluding hydrogens is 338 g/mol. The number of ether oxygens (including phenoxy) is 1. The van der Waals surface area contributed by atoms with E-state index in [-0.39, 0.29) is 5.91 Å². The average Bonchev–Trinajstić information content (AvgIpc) is 2.82. The SMILES string of the molecule is CCC1(CC)NC(=O)N(CC(=O)O[C@@H](C)C(=O)N2CCCCCC2)C1=O. The van der Waals surface area contributed by atoms with Gasteiger partial charge in [0.2, 0.25) is 0 Å². The van der Waals surface area contributed by atoms with Gasteiger partial charge in [-0.2, -0.15) is 0 Å². The van der Waals surface area contributed by atoms with Crippen LogP contribution in [-0.2, 0) is 19.1 Å². The number of hydrogen-bond acceptors (Lipinski definition) is 5. The fraction of sp³-hybridized carbons (Fsp3) is 0.778. The molecule has 2 fully saturated rings. The van der Waals surface area contributed by atoms with Gasteiger partial charge in [0.25, 0.3) is 11.8 Å². The smallest absolute Gasteiger partial charge is 0.327 e. The summed E-state index contributed by atoms with van der Waals surface area (Å²) >= 11 is 0. The molecule has 2 saturated heterocycles. The van der Waals surface area contributed by atoms with Crippen molar-refractivity contribution in [2.24, 2.45) is 0 Å². The molecule has 2 rings (SSSR count). The van der Waals surface area contributed by atoms with Gasteiger partial charge in [-0.05, 0) is 32.6 Å². The molecular formula is C18H29N3O5. The lowest BCUT2D eigenvalue weighted by Crippen LogP contribution is -2.46. The fourth-order valence-electron chi connectivity index (χ4n) is 3.51. The maximum atomic E-state index is 12.5. The van der Waals surface area contributed by atoms with Crippen LogP contribution >= 0.6 is 0 Å². The Morgan fingerprint density at radius 2 is 1.69 bits per heavy atom. The average molecular weight is 367 g/mol. The molecule has 1 N–H and O–H groups in total. The van der Waals surface area contributed by atoms with Crippen LogP contribution in [0.4, 0.5) is 4.79 Å². The van der Waals surface area contributed by atoms with Crippen molar-refractivity contribution in [3.8, 4) is 0 Å². The van der Waals surface area contributed by atoms with Crippen molar-refractivity contribution >= 4 is 23.8 Å². The van der Waals surface area contributed by atoms with E-state index in [4.69, 9.17) is 4.74 Å². The van der Waals surface area contributed by atoms with E-state index >= 15 is 0 Å². The number of carbonyl (C=O) groups excluding carboxylic acids is 4. The summed E-state index contributed by atoms with van der Waals surface area (Å²) in [5.41, 5.74) is -0.954. The van der Waals surface area contributed by atoms with Crippen molar-refractivity contribution in [1.82, 2.24) is 15.1 Å². The normalized spacial score (nSPS) is 21.2. The van der Waals surface area contributed by atoms with Crippen LogP contribution in [0.1, 0.15) is 59.3 Å². The van der Waals surface area contributed by atoms with Crippen molar-refractivity contribution in [3.05, 3.63) is 0 Å². The highest BCUT2D eigenvalue weighted by atomic mass is 16.5. The van der Waals surface area contributed by atoms with Crippen LogP contribution in [-0.4, -0.2) is 64.9 Å². The second-order valence-electron chi connectivity index (χ2n) is 6.98. The topological polar surface area (TPSA) is 96.0 Å². The summed E-state index contributed by atoms with van der Waals surface area (Å²) in [7, 11) is 0. The monoisotopic (exact) mass is 367 g/mol. The highest BCUT2D eigenvalue weighted by Crippen LogP contribution is 2.24. The van der Waals surface area contributed by atoms with E-state index in [9.17, 15) is 19.2 Å². The highest BCUT2D eigenvalue weighted by Gasteiger charge is 2.49. The molecule has 0 radical (unpaired) electrons. The standard InChI is InChI=1S/C18H29N3O5/c1-4-18(5-2)16(24)21(17(25)19-18)12-14(22)26-13(3)15(23)20-10-8-6-7-9-11-20/h13H,4-12H2,1-3H3,(H,19,25)/t13-/m0/s1. The van der Waals surface area contributed by atoms with Crippen LogP contribution in [0.25, 0.3) is 0 Å². The summed E-state index contributed by atoms with van der Waals surface area (Å²) in [5.74, 6) is -1.41. The lowest BCUT2D eigenvalue weighted by molar-refractivity contribution is -0.160. The molecule has 0 aromatic carbocycles. The quantitative estimate of drug-likeness (QED) is 0.566. The zero-order valence-electron chi connectivity index (χ0n) is 15.9. The minimum Gasteiger partial charge on any atom is -0.451 e. The van der Waals surface area contributed by atoms with Crippen molar-refractivity contribution < 1.29 is 23.9 Å². The zero-order valence-corrected chi connectivity index (χ0v) is 15.9. The molecule has 2 aliphatic rings. The third-order valence-electron chi connectivity index (χ3n) is 5.31. The molecule has 0 spiro atoms. The van der Waals surface area contributed by atoms with Gasteiger partial charge in [0.15, 0.2) is 6.10 Å². The molecule has 0 bridgehead atoms. The zero-order chi connectivity index (χ0) is 19.3. The Morgan fingerprint density at radius 1 is 1.12 bits per heavy atom. The molecule has 8 nitrogen and oxygen atoms in total. The van der Waals surface area contributed by atoms with Crippen LogP contribution < -0.4 is 5.32 Å². The first-order valence-corrected chi connectivity index (χ1v) is 9.47. The number of rotatable bonds is 6. The van der Waals surface area contributed by atoms with E-state index in [2.05, 4.69) is 5.32 Å². The van der Waals surface area contributed by atoms with Crippen LogP contribution in [0.2, 0.25) is 0 Å². The van der Waals surface area contributed by atoms with Gasteiger partial charge in [0.1, 0.15) is 12.1 Å². The summed E-state index contributed by atoms with van der Waals surface area (Å²) in [4.78, 5) is 51.8. The molecule has 4 amide bonds. The third-order valence-corrected chi connectivity index (χ3v) is 5.31. The molecule has 26 heavy (non-hydrogen) atoms. The molecule has 1 atom stereocenters. The molecule has 0 aliphatic carbocycles. The number of esters is 1. The van der Waals surface area contributed by atoms with E-state index in [0.717, 1.165) is 30.6 Å². The Balaban J connectivity index is 1.92. The number of amides is 4. The Labute approximate surface area is 154 Å². The fourth-order valence-corrected chi connectivity index (χ4v) is 3.51. The van der Waals surface area contributed by atoms with Crippen molar-refractivity contribution in [1.29, 1.82) is 0 Å². The Morgan fingerprint density at radius 3 is 2.19 bits per heavy atom. The van der Waals surface area contributed by atoms with Gasteiger partial charge in [-0.1, -0.05) is 26.7 Å². The first-order valence-electron chi connectivity index (χ1n) is 9.47. The number of nitrogens with zero attached hydrogens (tertiary/aromatic N) is 2. The summed E-state index contributed by atoms with van der Waals surface area (Å²) in [5, 5.41) is 2.66. The van der Waals surface area contributed by atoms with Gasteiger partial charge in [0, 0.05) is 13.1 Å². The molecule has 8 heteroatoms. The van der Waals surface area contributed by atoms with Gasteiger partial charge < -0.3 is 15.0 Å². The number of urea groups is 1. The van der Waals surface area contributed by atoms with Crippen molar-refractivity contribution in [3.63, 3.8) is 0 Å². The Kier molecular flexibility index (Phi) is 6.61. The number of hydrogen-bond donors (Lipinski definition) is 1. The first-order chi connectivity index (χ1) is 12.3.